The highest BCUT2D eigenvalue weighted by molar-refractivity contribution is 9.10. The molecule has 5 heteroatoms. The SMILES string of the molecule is CCNCc1nnc2ccc(Br)cn12. The molecule has 0 aliphatic rings. The van der Waals surface area contributed by atoms with E-state index >= 15 is 0 Å². The van der Waals surface area contributed by atoms with Crippen LogP contribution in [0, 0.1) is 0 Å². The molecule has 0 bridgehead atoms. The number of rotatable bonds is 3. The van der Waals surface area contributed by atoms with E-state index in [9.17, 15) is 0 Å². The van der Waals surface area contributed by atoms with Crippen LogP contribution in [0.25, 0.3) is 5.65 Å². The zero-order valence-corrected chi connectivity index (χ0v) is 9.45. The summed E-state index contributed by atoms with van der Waals surface area (Å²) in [5.41, 5.74) is 0.876. The summed E-state index contributed by atoms with van der Waals surface area (Å²) in [6.07, 6.45) is 1.97. The predicted octanol–water partition coefficient (Wildman–Crippen LogP) is 1.60. The van der Waals surface area contributed by atoms with Crippen molar-refractivity contribution < 1.29 is 0 Å². The van der Waals surface area contributed by atoms with Gasteiger partial charge in [-0.15, -0.1) is 10.2 Å². The minimum absolute atomic E-state index is 0.744. The molecule has 0 unspecified atom stereocenters. The van der Waals surface area contributed by atoms with Crippen LogP contribution in [0.1, 0.15) is 12.7 Å². The lowest BCUT2D eigenvalue weighted by Crippen LogP contribution is -2.14. The van der Waals surface area contributed by atoms with Crippen LogP contribution < -0.4 is 5.32 Å². The molecule has 1 N–H and O–H groups in total. The molecule has 0 fully saturated rings. The van der Waals surface area contributed by atoms with Crippen LogP contribution in [0.15, 0.2) is 22.8 Å². The zero-order chi connectivity index (χ0) is 9.97. The minimum Gasteiger partial charge on any atom is -0.310 e. The molecule has 2 aromatic heterocycles. The summed E-state index contributed by atoms with van der Waals surface area (Å²) in [7, 11) is 0. The van der Waals surface area contributed by atoms with E-state index < -0.39 is 0 Å². The van der Waals surface area contributed by atoms with E-state index in [1.165, 1.54) is 0 Å². The Morgan fingerprint density at radius 3 is 3.07 bits per heavy atom. The van der Waals surface area contributed by atoms with Gasteiger partial charge in [0.25, 0.3) is 0 Å². The average molecular weight is 255 g/mol. The van der Waals surface area contributed by atoms with E-state index in [-0.39, 0.29) is 0 Å². The van der Waals surface area contributed by atoms with Gasteiger partial charge < -0.3 is 5.32 Å². The van der Waals surface area contributed by atoms with E-state index in [1.807, 2.05) is 22.7 Å². The Balaban J connectivity index is 2.40. The molecule has 2 rings (SSSR count). The maximum atomic E-state index is 4.10. The fourth-order valence-corrected chi connectivity index (χ4v) is 1.61. The van der Waals surface area contributed by atoms with Gasteiger partial charge in [0.15, 0.2) is 11.5 Å². The molecule has 74 valence electrons. The molecule has 0 radical (unpaired) electrons. The second-order valence-electron chi connectivity index (χ2n) is 2.97. The van der Waals surface area contributed by atoms with Gasteiger partial charge in [0.1, 0.15) is 0 Å². The molecule has 0 aliphatic carbocycles. The summed E-state index contributed by atoms with van der Waals surface area (Å²) < 4.78 is 3.01. The highest BCUT2D eigenvalue weighted by atomic mass is 79.9. The molecular weight excluding hydrogens is 244 g/mol. The van der Waals surface area contributed by atoms with Gasteiger partial charge in [0.2, 0.25) is 0 Å². The summed E-state index contributed by atoms with van der Waals surface area (Å²) in [5.74, 6) is 0.933. The van der Waals surface area contributed by atoms with Crippen LogP contribution in [0.2, 0.25) is 0 Å². The quantitative estimate of drug-likeness (QED) is 0.905. The number of hydrogen-bond donors (Lipinski definition) is 1. The number of nitrogens with one attached hydrogen (secondary N) is 1. The molecule has 0 amide bonds. The van der Waals surface area contributed by atoms with Crippen LogP contribution in [-0.2, 0) is 6.54 Å². The highest BCUT2D eigenvalue weighted by Crippen LogP contribution is 2.11. The van der Waals surface area contributed by atoms with Crippen molar-refractivity contribution in [2.24, 2.45) is 0 Å². The third-order valence-corrected chi connectivity index (χ3v) is 2.44. The third kappa shape index (κ3) is 1.78. The van der Waals surface area contributed by atoms with E-state index in [1.54, 1.807) is 0 Å². The van der Waals surface area contributed by atoms with Crippen LogP contribution in [0.3, 0.4) is 0 Å². The number of hydrogen-bond acceptors (Lipinski definition) is 3. The third-order valence-electron chi connectivity index (χ3n) is 1.97. The Labute approximate surface area is 90.5 Å². The molecule has 0 spiro atoms. The Hall–Kier alpha value is -0.940. The monoisotopic (exact) mass is 254 g/mol. The standard InChI is InChI=1S/C9H11BrN4/c1-2-11-5-9-13-12-8-4-3-7(10)6-14(8)9/h3-4,6,11H,2,5H2,1H3. The first-order chi connectivity index (χ1) is 6.81. The summed E-state index contributed by atoms with van der Waals surface area (Å²) >= 11 is 3.42. The van der Waals surface area contributed by atoms with Gasteiger partial charge in [0.05, 0.1) is 6.54 Å². The number of aromatic nitrogens is 3. The Bertz CT molecular complexity index is 437. The number of fused-ring (bicyclic) bond motifs is 1. The van der Waals surface area contributed by atoms with Crippen molar-refractivity contribution >= 4 is 21.6 Å². The van der Waals surface area contributed by atoms with E-state index in [4.69, 9.17) is 0 Å². The molecule has 0 aliphatic heterocycles. The minimum atomic E-state index is 0.744. The smallest absolute Gasteiger partial charge is 0.160 e. The first kappa shape index (κ1) is 9.61. The number of nitrogens with zero attached hydrogens (tertiary/aromatic N) is 3. The van der Waals surface area contributed by atoms with Gasteiger partial charge in [0, 0.05) is 10.7 Å². The second-order valence-corrected chi connectivity index (χ2v) is 3.89. The lowest BCUT2D eigenvalue weighted by Gasteiger charge is -2.00. The van der Waals surface area contributed by atoms with Crippen molar-refractivity contribution in [3.63, 3.8) is 0 Å². The summed E-state index contributed by atoms with van der Waals surface area (Å²) in [6, 6.07) is 3.90. The Morgan fingerprint density at radius 1 is 1.43 bits per heavy atom. The molecule has 2 aromatic rings. The van der Waals surface area contributed by atoms with Gasteiger partial charge in [-0.1, -0.05) is 6.92 Å². The molecule has 0 atom stereocenters. The van der Waals surface area contributed by atoms with Gasteiger partial charge in [-0.2, -0.15) is 0 Å². The van der Waals surface area contributed by atoms with Crippen molar-refractivity contribution in [1.82, 2.24) is 19.9 Å². The summed E-state index contributed by atoms with van der Waals surface area (Å²) in [4.78, 5) is 0. The lowest BCUT2D eigenvalue weighted by molar-refractivity contribution is 0.683. The Morgan fingerprint density at radius 2 is 2.29 bits per heavy atom. The van der Waals surface area contributed by atoms with Crippen molar-refractivity contribution in [1.29, 1.82) is 0 Å². The lowest BCUT2D eigenvalue weighted by atomic mass is 10.4. The fraction of sp³-hybridized carbons (Fsp3) is 0.333. The molecule has 14 heavy (non-hydrogen) atoms. The molecule has 0 aromatic carbocycles. The average Bonchev–Trinajstić information content (AvgIpc) is 2.57. The first-order valence-corrected chi connectivity index (χ1v) is 5.30. The van der Waals surface area contributed by atoms with E-state index in [0.717, 1.165) is 29.0 Å². The van der Waals surface area contributed by atoms with Gasteiger partial charge in [-0.25, -0.2) is 0 Å². The van der Waals surface area contributed by atoms with Crippen molar-refractivity contribution in [2.75, 3.05) is 6.54 Å². The van der Waals surface area contributed by atoms with Crippen LogP contribution in [0.4, 0.5) is 0 Å². The van der Waals surface area contributed by atoms with Crippen molar-refractivity contribution in [3.05, 3.63) is 28.6 Å². The van der Waals surface area contributed by atoms with Crippen molar-refractivity contribution in [2.45, 2.75) is 13.5 Å². The molecule has 0 saturated heterocycles. The maximum Gasteiger partial charge on any atom is 0.160 e. The first-order valence-electron chi connectivity index (χ1n) is 4.51. The zero-order valence-electron chi connectivity index (χ0n) is 7.87. The number of pyridine rings is 1. The molecule has 0 saturated carbocycles. The van der Waals surface area contributed by atoms with Crippen LogP contribution >= 0.6 is 15.9 Å². The van der Waals surface area contributed by atoms with E-state index in [2.05, 4.69) is 38.4 Å². The van der Waals surface area contributed by atoms with E-state index in [0.29, 0.717) is 0 Å². The normalized spacial score (nSPS) is 11.0. The highest BCUT2D eigenvalue weighted by Gasteiger charge is 2.03. The molecule has 2 heterocycles. The van der Waals surface area contributed by atoms with Gasteiger partial charge in [-0.05, 0) is 34.6 Å². The van der Waals surface area contributed by atoms with Crippen LogP contribution in [0.5, 0.6) is 0 Å². The largest absolute Gasteiger partial charge is 0.310 e. The van der Waals surface area contributed by atoms with Crippen molar-refractivity contribution in [3.8, 4) is 0 Å². The van der Waals surface area contributed by atoms with Crippen LogP contribution in [-0.4, -0.2) is 21.1 Å². The Kier molecular flexibility index (Phi) is 2.79. The topological polar surface area (TPSA) is 42.2 Å². The summed E-state index contributed by atoms with van der Waals surface area (Å²) in [5, 5.41) is 11.4. The number of halogens is 1. The van der Waals surface area contributed by atoms with Gasteiger partial charge >= 0.3 is 0 Å². The fourth-order valence-electron chi connectivity index (χ4n) is 1.27. The second kappa shape index (κ2) is 4.06. The van der Waals surface area contributed by atoms with Gasteiger partial charge in [-0.3, -0.25) is 4.40 Å². The molecule has 4 nitrogen and oxygen atoms in total. The predicted molar refractivity (Wildman–Crippen MR) is 58.1 cm³/mol. The summed E-state index contributed by atoms with van der Waals surface area (Å²) in [6.45, 7) is 3.75. The molecular formula is C9H11BrN4. The maximum absolute atomic E-state index is 4.10.